The summed E-state index contributed by atoms with van der Waals surface area (Å²) in [4.78, 5) is 37.7. The number of anilines is 1. The summed E-state index contributed by atoms with van der Waals surface area (Å²) in [5.74, 6) is -0.560. The fourth-order valence-corrected chi connectivity index (χ4v) is 2.47. The third-order valence-electron chi connectivity index (χ3n) is 3.28. The van der Waals surface area contributed by atoms with E-state index in [0.717, 1.165) is 10.9 Å². The molecule has 112 valence electrons. The van der Waals surface area contributed by atoms with Crippen LogP contribution in [0.2, 0.25) is 0 Å². The lowest BCUT2D eigenvalue weighted by molar-refractivity contribution is -0.137. The first-order chi connectivity index (χ1) is 10.1. The molecular weight excluding hydrogens is 338 g/mol. The number of benzene rings is 1. The van der Waals surface area contributed by atoms with Gasteiger partial charge in [-0.1, -0.05) is 12.1 Å². The molecule has 0 aromatic heterocycles. The average Bonchev–Trinajstić information content (AvgIpc) is 2.49. The van der Waals surface area contributed by atoms with E-state index < -0.39 is 0 Å². The molecule has 0 saturated carbocycles. The minimum atomic E-state index is -0.343. The minimum absolute atomic E-state index is 0.192. The summed E-state index contributed by atoms with van der Waals surface area (Å²) in [6.45, 7) is 1.97. The molecule has 3 amide bonds. The van der Waals surface area contributed by atoms with Gasteiger partial charge in [0.05, 0.1) is 5.69 Å². The monoisotopic (exact) mass is 353 g/mol. The van der Waals surface area contributed by atoms with E-state index in [4.69, 9.17) is 0 Å². The van der Waals surface area contributed by atoms with E-state index in [-0.39, 0.29) is 18.2 Å². The number of piperazine rings is 1. The normalized spacial score (nSPS) is 14.7. The Morgan fingerprint density at radius 3 is 2.48 bits per heavy atom. The molecule has 0 aliphatic carbocycles. The molecule has 1 fully saturated rings. The molecule has 1 heterocycles. The topological polar surface area (TPSA) is 69.7 Å². The zero-order chi connectivity index (χ0) is 15.2. The van der Waals surface area contributed by atoms with Crippen molar-refractivity contribution in [1.29, 1.82) is 0 Å². The first-order valence-electron chi connectivity index (χ1n) is 6.61. The molecule has 7 heteroatoms. The highest BCUT2D eigenvalue weighted by Crippen LogP contribution is 2.21. The Bertz CT molecular complexity index is 542. The molecule has 1 aliphatic rings. The molecule has 0 radical (unpaired) electrons. The van der Waals surface area contributed by atoms with Gasteiger partial charge in [0.15, 0.2) is 0 Å². The third-order valence-corrected chi connectivity index (χ3v) is 3.97. The summed E-state index contributed by atoms with van der Waals surface area (Å²) in [6, 6.07) is 7.23. The van der Waals surface area contributed by atoms with E-state index in [0.29, 0.717) is 31.9 Å². The molecule has 2 rings (SSSR count). The SMILES string of the molecule is O=CN1CCN(C(=O)CC(=O)Nc2ccccc2Br)CC1. The molecule has 0 spiro atoms. The van der Waals surface area contributed by atoms with E-state index in [1.165, 1.54) is 0 Å². The van der Waals surface area contributed by atoms with Crippen LogP contribution in [0, 0.1) is 0 Å². The fourth-order valence-electron chi connectivity index (χ4n) is 2.08. The summed E-state index contributed by atoms with van der Waals surface area (Å²) in [5.41, 5.74) is 0.640. The highest BCUT2D eigenvalue weighted by molar-refractivity contribution is 9.10. The van der Waals surface area contributed by atoms with Crippen molar-refractivity contribution in [1.82, 2.24) is 9.80 Å². The largest absolute Gasteiger partial charge is 0.342 e. The molecule has 0 bridgehead atoms. The van der Waals surface area contributed by atoms with E-state index in [1.807, 2.05) is 12.1 Å². The van der Waals surface area contributed by atoms with Gasteiger partial charge in [0.25, 0.3) is 0 Å². The second-order valence-corrected chi connectivity index (χ2v) is 5.58. The summed E-state index contributed by atoms with van der Waals surface area (Å²) < 4.78 is 0.769. The van der Waals surface area contributed by atoms with Crippen LogP contribution in [-0.4, -0.2) is 54.2 Å². The Hall–Kier alpha value is -1.89. The molecule has 1 aromatic rings. The smallest absolute Gasteiger partial charge is 0.233 e. The summed E-state index contributed by atoms with van der Waals surface area (Å²) in [5, 5.41) is 2.70. The van der Waals surface area contributed by atoms with Gasteiger partial charge in [-0.15, -0.1) is 0 Å². The maximum absolute atomic E-state index is 12.0. The number of rotatable bonds is 4. The summed E-state index contributed by atoms with van der Waals surface area (Å²) in [6.07, 6.45) is 0.587. The Morgan fingerprint density at radius 1 is 1.19 bits per heavy atom. The van der Waals surface area contributed by atoms with E-state index in [1.54, 1.807) is 21.9 Å². The molecular formula is C14H16BrN3O3. The number of carbonyl (C=O) groups is 3. The third kappa shape index (κ3) is 4.29. The van der Waals surface area contributed by atoms with Crippen molar-refractivity contribution in [2.45, 2.75) is 6.42 Å². The predicted octanol–water partition coefficient (Wildman–Crippen LogP) is 1.08. The zero-order valence-electron chi connectivity index (χ0n) is 11.4. The Morgan fingerprint density at radius 2 is 1.86 bits per heavy atom. The van der Waals surface area contributed by atoms with Gasteiger partial charge in [-0.2, -0.15) is 0 Å². The molecule has 1 aliphatic heterocycles. The van der Waals surface area contributed by atoms with E-state index in [9.17, 15) is 14.4 Å². The van der Waals surface area contributed by atoms with Crippen molar-refractivity contribution >= 4 is 39.8 Å². The maximum Gasteiger partial charge on any atom is 0.233 e. The van der Waals surface area contributed by atoms with Crippen molar-refractivity contribution in [3.8, 4) is 0 Å². The molecule has 6 nitrogen and oxygen atoms in total. The van der Waals surface area contributed by atoms with Gasteiger partial charge < -0.3 is 15.1 Å². The lowest BCUT2D eigenvalue weighted by atomic mass is 10.2. The van der Waals surface area contributed by atoms with Crippen LogP contribution in [0.15, 0.2) is 28.7 Å². The number of hydrogen-bond donors (Lipinski definition) is 1. The Kier molecular flexibility index (Phi) is 5.32. The maximum atomic E-state index is 12.0. The average molecular weight is 354 g/mol. The van der Waals surface area contributed by atoms with Crippen molar-refractivity contribution in [2.75, 3.05) is 31.5 Å². The van der Waals surface area contributed by atoms with Gasteiger partial charge in [0.2, 0.25) is 18.2 Å². The zero-order valence-corrected chi connectivity index (χ0v) is 13.0. The first kappa shape index (κ1) is 15.5. The van der Waals surface area contributed by atoms with Gasteiger partial charge in [-0.3, -0.25) is 14.4 Å². The van der Waals surface area contributed by atoms with Gasteiger partial charge >= 0.3 is 0 Å². The quantitative estimate of drug-likeness (QED) is 0.650. The van der Waals surface area contributed by atoms with Crippen LogP contribution >= 0.6 is 15.9 Å². The highest BCUT2D eigenvalue weighted by Gasteiger charge is 2.22. The number of halogens is 1. The van der Waals surface area contributed by atoms with Crippen molar-refractivity contribution in [3.05, 3.63) is 28.7 Å². The van der Waals surface area contributed by atoms with Crippen molar-refractivity contribution < 1.29 is 14.4 Å². The number of para-hydroxylation sites is 1. The first-order valence-corrected chi connectivity index (χ1v) is 7.41. The molecule has 1 saturated heterocycles. The van der Waals surface area contributed by atoms with Gasteiger partial charge in [-0.25, -0.2) is 0 Å². The standard InChI is InChI=1S/C14H16BrN3O3/c15-11-3-1-2-4-12(11)16-13(20)9-14(21)18-7-5-17(10-19)6-8-18/h1-4,10H,5-9H2,(H,16,20). The number of hydrogen-bond acceptors (Lipinski definition) is 3. The summed E-state index contributed by atoms with van der Waals surface area (Å²) >= 11 is 3.33. The molecule has 21 heavy (non-hydrogen) atoms. The Labute approximate surface area is 131 Å². The number of nitrogens with one attached hydrogen (secondary N) is 1. The van der Waals surface area contributed by atoms with Gasteiger partial charge in [0.1, 0.15) is 6.42 Å². The number of nitrogens with zero attached hydrogens (tertiary/aromatic N) is 2. The van der Waals surface area contributed by atoms with E-state index >= 15 is 0 Å². The van der Waals surface area contributed by atoms with Crippen LogP contribution in [0.25, 0.3) is 0 Å². The Balaban J connectivity index is 1.84. The van der Waals surface area contributed by atoms with Crippen molar-refractivity contribution in [3.63, 3.8) is 0 Å². The molecule has 0 unspecified atom stereocenters. The van der Waals surface area contributed by atoms with Crippen LogP contribution in [0.1, 0.15) is 6.42 Å². The number of amides is 3. The van der Waals surface area contributed by atoms with Crippen LogP contribution < -0.4 is 5.32 Å². The predicted molar refractivity (Wildman–Crippen MR) is 81.6 cm³/mol. The van der Waals surface area contributed by atoms with Crippen LogP contribution in [-0.2, 0) is 14.4 Å². The van der Waals surface area contributed by atoms with Crippen LogP contribution in [0.4, 0.5) is 5.69 Å². The summed E-state index contributed by atoms with van der Waals surface area (Å²) in [7, 11) is 0. The fraction of sp³-hybridized carbons (Fsp3) is 0.357. The second kappa shape index (κ2) is 7.21. The lowest BCUT2D eigenvalue weighted by Crippen LogP contribution is -2.48. The van der Waals surface area contributed by atoms with Crippen LogP contribution in [0.5, 0.6) is 0 Å². The van der Waals surface area contributed by atoms with E-state index in [2.05, 4.69) is 21.2 Å². The van der Waals surface area contributed by atoms with Gasteiger partial charge in [-0.05, 0) is 28.1 Å². The van der Waals surface area contributed by atoms with Crippen molar-refractivity contribution in [2.24, 2.45) is 0 Å². The second-order valence-electron chi connectivity index (χ2n) is 4.73. The molecule has 1 aromatic carbocycles. The lowest BCUT2D eigenvalue weighted by Gasteiger charge is -2.32. The molecule has 0 atom stereocenters. The molecule has 1 N–H and O–H groups in total. The number of carbonyl (C=O) groups excluding carboxylic acids is 3. The van der Waals surface area contributed by atoms with Gasteiger partial charge in [0, 0.05) is 30.7 Å². The highest BCUT2D eigenvalue weighted by atomic mass is 79.9. The minimum Gasteiger partial charge on any atom is -0.342 e. The van der Waals surface area contributed by atoms with Crippen LogP contribution in [0.3, 0.4) is 0 Å².